The predicted molar refractivity (Wildman–Crippen MR) is 400 cm³/mol. The number of hydrogen-bond acceptors (Lipinski definition) is 14. The van der Waals surface area contributed by atoms with Crippen molar-refractivity contribution >= 4 is 138 Å². The van der Waals surface area contributed by atoms with E-state index >= 15 is 35.1 Å². The third-order valence-electron chi connectivity index (χ3n) is 16.5. The van der Waals surface area contributed by atoms with E-state index < -0.39 is 136 Å². The van der Waals surface area contributed by atoms with E-state index in [1.54, 1.807) is 243 Å². The van der Waals surface area contributed by atoms with Crippen LogP contribution in [0, 0.1) is 46.5 Å². The molecular formula is C80H42F8N8S8. The summed E-state index contributed by atoms with van der Waals surface area (Å²) in [7, 11) is 0. The predicted octanol–water partition coefficient (Wildman–Crippen LogP) is 25.2. The standard InChI is InChI=1S/C80H42F8N8S8/c81-57-49-50(58(82)66(98-42-27-11-2-12-28-42)65(57)97-41-25-9-1-10-26-41)74-89-73(49)93-75-51-52(60(84)68(100-44-31-15-4-16-32-44)67(59(51)83)99-43-29-13-3-14-30-43)77(90-75)95-79-55-56(64(88)72(104-48-39-23-8-24-40-48)71(63(55)87)103-47-37-21-7-22-38-47)80(92-79)96-78-54-53(76(91-78)94-74)61(85)69(101-45-33-17-5-18-34-45)70(62(54)86)102-46-35-19-6-20-36-46/h1-40H,(H2,89,90,91,92,93,94,95,96). The summed E-state index contributed by atoms with van der Waals surface area (Å²) < 4.78 is 152. The summed E-state index contributed by atoms with van der Waals surface area (Å²) in [6, 6.07) is 69.4. The normalized spacial score (nSPS) is 11.8. The van der Waals surface area contributed by atoms with Gasteiger partial charge < -0.3 is 9.97 Å². The first kappa shape index (κ1) is 67.4. The van der Waals surface area contributed by atoms with Crippen LogP contribution in [0.1, 0.15) is 0 Å². The summed E-state index contributed by atoms with van der Waals surface area (Å²) in [4.78, 5) is 37.6. The maximum absolute atomic E-state index is 19.0. The van der Waals surface area contributed by atoms with Gasteiger partial charge in [-0.3, -0.25) is 0 Å². The minimum Gasteiger partial charge on any atom is -0.324 e. The third-order valence-corrected chi connectivity index (χ3v) is 25.8. The van der Waals surface area contributed by atoms with Crippen LogP contribution >= 0.6 is 94.1 Å². The van der Waals surface area contributed by atoms with Crippen LogP contribution in [-0.2, 0) is 0 Å². The van der Waals surface area contributed by atoms with Crippen LogP contribution in [0.25, 0.3) is 89.7 Å². The van der Waals surface area contributed by atoms with E-state index in [2.05, 4.69) is 9.97 Å². The molecule has 104 heavy (non-hydrogen) atoms. The summed E-state index contributed by atoms with van der Waals surface area (Å²) in [5.74, 6) is -11.0. The Morgan fingerprint density at radius 1 is 0.183 bits per heavy atom. The van der Waals surface area contributed by atoms with E-state index in [0.717, 1.165) is 94.1 Å². The molecule has 0 fully saturated rings. The van der Waals surface area contributed by atoms with Gasteiger partial charge in [-0.25, -0.2) is 65.0 Å². The molecule has 0 spiro atoms. The lowest BCUT2D eigenvalue weighted by molar-refractivity contribution is 0.557. The van der Waals surface area contributed by atoms with E-state index in [1.165, 1.54) is 0 Å². The Kier molecular flexibility index (Phi) is 18.6. The quantitative estimate of drug-likeness (QED) is 0.0896. The Labute approximate surface area is 621 Å². The first-order chi connectivity index (χ1) is 50.9. The van der Waals surface area contributed by atoms with Gasteiger partial charge in [-0.05, 0) is 97.1 Å². The second-order valence-electron chi connectivity index (χ2n) is 23.1. The number of hydrogen-bond donors (Lipinski definition) is 2. The molecule has 0 aliphatic carbocycles. The van der Waals surface area contributed by atoms with E-state index in [-0.39, 0.29) is 39.2 Å². The average molecular weight is 1520 g/mol. The highest BCUT2D eigenvalue weighted by Gasteiger charge is 2.38. The van der Waals surface area contributed by atoms with Crippen molar-refractivity contribution in [3.05, 3.63) is 289 Å². The van der Waals surface area contributed by atoms with Crippen LogP contribution < -0.4 is 0 Å². The molecule has 0 amide bonds. The second-order valence-corrected chi connectivity index (χ2v) is 31.7. The zero-order valence-corrected chi connectivity index (χ0v) is 59.6. The van der Waals surface area contributed by atoms with Crippen LogP contribution in [0.4, 0.5) is 35.1 Å². The fraction of sp³-hybridized carbons (Fsp3) is 0. The molecule has 506 valence electrons. The highest BCUT2D eigenvalue weighted by Crippen LogP contribution is 2.55. The first-order valence-electron chi connectivity index (χ1n) is 31.7. The third kappa shape index (κ3) is 12.7. The summed E-state index contributed by atoms with van der Waals surface area (Å²) in [6.45, 7) is 0. The minimum absolute atomic E-state index is 0.212. The Morgan fingerprint density at radius 3 is 0.481 bits per heavy atom. The van der Waals surface area contributed by atoms with Crippen molar-refractivity contribution in [2.24, 2.45) is 0 Å². The fourth-order valence-corrected chi connectivity index (χ4v) is 20.1. The molecule has 2 N–H and O–H groups in total. The van der Waals surface area contributed by atoms with E-state index in [9.17, 15) is 0 Å². The van der Waals surface area contributed by atoms with Gasteiger partial charge >= 0.3 is 0 Å². The number of halogens is 8. The van der Waals surface area contributed by atoms with Gasteiger partial charge in [0, 0.05) is 39.2 Å². The summed E-state index contributed by atoms with van der Waals surface area (Å²) in [6.07, 6.45) is 0. The number of rotatable bonds is 16. The van der Waals surface area contributed by atoms with Crippen LogP contribution in [0.3, 0.4) is 0 Å². The van der Waals surface area contributed by atoms with Gasteiger partial charge in [0.05, 0.1) is 83.0 Å². The molecule has 8 nitrogen and oxygen atoms in total. The molecule has 0 radical (unpaired) electrons. The molecule has 2 aliphatic rings. The van der Waals surface area contributed by atoms with Crippen molar-refractivity contribution in [2.75, 3.05) is 0 Å². The van der Waals surface area contributed by atoms with Gasteiger partial charge in [-0.15, -0.1) is 0 Å². The van der Waals surface area contributed by atoms with Crippen molar-refractivity contribution in [2.45, 2.75) is 78.3 Å². The summed E-state index contributed by atoms with van der Waals surface area (Å²) >= 11 is 7.26. The number of fused-ring (bicyclic) bond motifs is 20. The maximum atomic E-state index is 19.0. The molecule has 0 saturated heterocycles. The Hall–Kier alpha value is -9.76. The number of benzene rings is 12. The van der Waals surface area contributed by atoms with Gasteiger partial charge in [0.15, 0.2) is 23.3 Å². The molecule has 0 unspecified atom stereocenters. The van der Waals surface area contributed by atoms with Gasteiger partial charge in [-0.1, -0.05) is 240 Å². The lowest BCUT2D eigenvalue weighted by atomic mass is 10.1. The lowest BCUT2D eigenvalue weighted by Gasteiger charge is -2.15. The highest BCUT2D eigenvalue weighted by atomic mass is 32.2. The van der Waals surface area contributed by atoms with Gasteiger partial charge in [0.2, 0.25) is 0 Å². The SMILES string of the molecule is Fc1c(Sc2ccccc2)c(Sc2ccccc2)c(F)c2c1-c1nc-2nc2[nH]c(nc3nc(nc4[nH]c(n1)c1c(F)c(Sc5ccccc5)c(Sc5ccccc5)c(F)c41)-c1c(F)c(Sc4ccccc4)c(Sc4ccccc4)c(F)c1-3)c1c(F)c(Sc3ccccc3)c(Sc3ccccc3)c(F)c21. The molecule has 24 heteroatoms. The topological polar surface area (TPSA) is 109 Å². The van der Waals surface area contributed by atoms with Crippen LogP contribution in [0.15, 0.2) is 321 Å². The Morgan fingerprint density at radius 2 is 0.327 bits per heavy atom. The van der Waals surface area contributed by atoms with Gasteiger partial charge in [-0.2, -0.15) is 0 Å². The maximum Gasteiger partial charge on any atom is 0.167 e. The fourth-order valence-electron chi connectivity index (χ4n) is 11.9. The minimum atomic E-state index is -1.06. The van der Waals surface area contributed by atoms with Crippen molar-refractivity contribution < 1.29 is 35.1 Å². The molecule has 5 heterocycles. The van der Waals surface area contributed by atoms with Crippen molar-refractivity contribution in [3.63, 3.8) is 0 Å². The zero-order chi connectivity index (χ0) is 70.7. The van der Waals surface area contributed by atoms with E-state index in [1.807, 2.05) is 0 Å². The van der Waals surface area contributed by atoms with Gasteiger partial charge in [0.25, 0.3) is 0 Å². The largest absolute Gasteiger partial charge is 0.324 e. The molecule has 3 aromatic heterocycles. The zero-order valence-electron chi connectivity index (χ0n) is 53.1. The van der Waals surface area contributed by atoms with Crippen molar-refractivity contribution in [1.29, 1.82) is 0 Å². The number of aromatic amines is 2. The molecule has 15 aromatic rings. The van der Waals surface area contributed by atoms with Gasteiger partial charge in [0.1, 0.15) is 69.1 Å². The summed E-state index contributed by atoms with van der Waals surface area (Å²) in [5.41, 5.74) is -4.53. The molecule has 17 rings (SSSR count). The van der Waals surface area contributed by atoms with Crippen LogP contribution in [0.5, 0.6) is 0 Å². The molecule has 2 aliphatic heterocycles. The molecule has 0 saturated carbocycles. The highest BCUT2D eigenvalue weighted by molar-refractivity contribution is 8.03. The van der Waals surface area contributed by atoms with Crippen molar-refractivity contribution in [3.8, 4) is 45.6 Å². The second kappa shape index (κ2) is 28.7. The Balaban J connectivity index is 1.06. The van der Waals surface area contributed by atoms with Crippen molar-refractivity contribution in [1.82, 2.24) is 39.9 Å². The first-order valence-corrected chi connectivity index (χ1v) is 38.3. The smallest absolute Gasteiger partial charge is 0.167 e. The monoisotopic (exact) mass is 1520 g/mol. The number of nitrogens with one attached hydrogen (secondary N) is 2. The Bertz CT molecular complexity index is 5350. The van der Waals surface area contributed by atoms with E-state index in [0.29, 0.717) is 39.2 Å². The lowest BCUT2D eigenvalue weighted by Crippen LogP contribution is -1.99. The average Bonchev–Trinajstić information content (AvgIpc) is 1.55. The number of aromatic nitrogens is 8. The number of H-pyrrole nitrogens is 2. The summed E-state index contributed by atoms with van der Waals surface area (Å²) in [5, 5.41) is -2.26. The van der Waals surface area contributed by atoms with Crippen LogP contribution in [-0.4, -0.2) is 39.9 Å². The van der Waals surface area contributed by atoms with Crippen LogP contribution in [0.2, 0.25) is 0 Å². The number of nitrogens with zero attached hydrogens (tertiary/aromatic N) is 6. The molecular weight excluding hydrogens is 1480 g/mol. The molecule has 12 aromatic carbocycles. The van der Waals surface area contributed by atoms with E-state index in [4.69, 9.17) is 29.9 Å². The molecule has 0 atom stereocenters. The molecule has 8 bridgehead atoms.